The molecule has 4 heteroatoms. The van der Waals surface area contributed by atoms with Crippen molar-refractivity contribution in [2.45, 2.75) is 26.2 Å². The van der Waals surface area contributed by atoms with Crippen LogP contribution in [0, 0.1) is 0 Å². The summed E-state index contributed by atoms with van der Waals surface area (Å²) in [5.74, 6) is 0.650. The van der Waals surface area contributed by atoms with Crippen molar-refractivity contribution in [3.63, 3.8) is 0 Å². The summed E-state index contributed by atoms with van der Waals surface area (Å²) in [6.07, 6.45) is 0. The van der Waals surface area contributed by atoms with Gasteiger partial charge in [-0.05, 0) is 92.9 Å². The number of fused-ring (bicyclic) bond motifs is 6. The van der Waals surface area contributed by atoms with Crippen LogP contribution in [-0.4, -0.2) is 14.5 Å². The van der Waals surface area contributed by atoms with Gasteiger partial charge in [0.05, 0.1) is 16.7 Å². The first kappa shape index (κ1) is 39.3. The van der Waals surface area contributed by atoms with Gasteiger partial charge in [-0.25, -0.2) is 9.97 Å². The maximum atomic E-state index is 6.76. The molecule has 4 nitrogen and oxygen atoms in total. The Morgan fingerprint density at radius 2 is 0.924 bits per heavy atom. The van der Waals surface area contributed by atoms with Crippen molar-refractivity contribution in [1.82, 2.24) is 14.5 Å². The second-order valence-electron chi connectivity index (χ2n) is 18.2. The molecule has 12 aromatic rings. The molecule has 314 valence electrons. The lowest BCUT2D eigenvalue weighted by Gasteiger charge is -2.26. The van der Waals surface area contributed by atoms with Crippen molar-refractivity contribution in [2.75, 3.05) is 0 Å². The number of hydrogen-bond donors (Lipinski definition) is 0. The SMILES string of the molecule is CC(C)(C)c1cc(-c2ccccc2)cc2c3cc(-c4ccccc4)ccc3n(-c3c(-c4ccccc4)cc(-c4nc(-c5ccccc5)nc5c4oc4ccccc45)cc3-c3ccccc3)c12. The Morgan fingerprint density at radius 1 is 0.409 bits per heavy atom. The minimum atomic E-state index is -0.223. The molecular formula is C62H45N3O. The highest BCUT2D eigenvalue weighted by atomic mass is 16.3. The molecule has 0 atom stereocenters. The van der Waals surface area contributed by atoms with Gasteiger partial charge in [-0.1, -0.05) is 191 Å². The third kappa shape index (κ3) is 6.69. The summed E-state index contributed by atoms with van der Waals surface area (Å²) in [5.41, 5.74) is 18.4. The zero-order chi connectivity index (χ0) is 44.4. The van der Waals surface area contributed by atoms with Crippen molar-refractivity contribution >= 4 is 43.9 Å². The Bertz CT molecular complexity index is 3690. The Kier molecular flexibility index (Phi) is 9.35. The van der Waals surface area contributed by atoms with Crippen LogP contribution in [0.25, 0.3) is 117 Å². The third-order valence-corrected chi connectivity index (χ3v) is 12.9. The Balaban J connectivity index is 1.25. The molecule has 0 spiro atoms. The number of hydrogen-bond acceptors (Lipinski definition) is 3. The van der Waals surface area contributed by atoms with Gasteiger partial charge in [0, 0.05) is 38.4 Å². The number of nitrogens with zero attached hydrogens (tertiary/aromatic N) is 3. The molecule has 3 aromatic heterocycles. The Hall–Kier alpha value is -8.34. The average Bonchev–Trinajstić information content (AvgIpc) is 3.91. The van der Waals surface area contributed by atoms with E-state index in [2.05, 4.69) is 207 Å². The molecule has 3 heterocycles. The largest absolute Gasteiger partial charge is 0.452 e. The molecule has 66 heavy (non-hydrogen) atoms. The highest BCUT2D eigenvalue weighted by Crippen LogP contribution is 2.48. The zero-order valence-electron chi connectivity index (χ0n) is 37.0. The summed E-state index contributed by atoms with van der Waals surface area (Å²) < 4.78 is 9.32. The quantitative estimate of drug-likeness (QED) is 0.160. The minimum Gasteiger partial charge on any atom is -0.452 e. The molecule has 0 bridgehead atoms. The van der Waals surface area contributed by atoms with Crippen molar-refractivity contribution in [3.05, 3.63) is 224 Å². The van der Waals surface area contributed by atoms with Gasteiger partial charge in [0.2, 0.25) is 0 Å². The van der Waals surface area contributed by atoms with E-state index in [-0.39, 0.29) is 5.41 Å². The fourth-order valence-corrected chi connectivity index (χ4v) is 9.75. The molecular weight excluding hydrogens is 803 g/mol. The molecule has 0 fully saturated rings. The summed E-state index contributed by atoms with van der Waals surface area (Å²) in [5, 5.41) is 3.37. The van der Waals surface area contributed by atoms with Gasteiger partial charge in [0.25, 0.3) is 0 Å². The molecule has 0 N–H and O–H groups in total. The number of aromatic nitrogens is 3. The van der Waals surface area contributed by atoms with Gasteiger partial charge in [0.15, 0.2) is 11.4 Å². The van der Waals surface area contributed by atoms with Gasteiger partial charge in [-0.15, -0.1) is 0 Å². The predicted octanol–water partition coefficient (Wildman–Crippen LogP) is 16.8. The van der Waals surface area contributed by atoms with Crippen molar-refractivity contribution in [1.29, 1.82) is 0 Å². The summed E-state index contributed by atoms with van der Waals surface area (Å²) in [4.78, 5) is 10.6. The van der Waals surface area contributed by atoms with Crippen LogP contribution in [0.4, 0.5) is 0 Å². The molecule has 0 unspecified atom stereocenters. The molecule has 0 amide bonds. The van der Waals surface area contributed by atoms with Crippen LogP contribution in [0.2, 0.25) is 0 Å². The van der Waals surface area contributed by atoms with E-state index in [0.29, 0.717) is 11.4 Å². The highest BCUT2D eigenvalue weighted by molar-refractivity contribution is 6.15. The highest BCUT2D eigenvalue weighted by Gasteiger charge is 2.29. The second-order valence-corrected chi connectivity index (χ2v) is 18.2. The third-order valence-electron chi connectivity index (χ3n) is 12.9. The first-order valence-electron chi connectivity index (χ1n) is 22.7. The summed E-state index contributed by atoms with van der Waals surface area (Å²) in [6.45, 7) is 7.02. The van der Waals surface area contributed by atoms with E-state index in [4.69, 9.17) is 14.4 Å². The molecule has 12 rings (SSSR count). The van der Waals surface area contributed by atoms with E-state index >= 15 is 0 Å². The maximum Gasteiger partial charge on any atom is 0.180 e. The lowest BCUT2D eigenvalue weighted by Crippen LogP contribution is -2.14. The van der Waals surface area contributed by atoms with Crippen molar-refractivity contribution in [2.24, 2.45) is 0 Å². The van der Waals surface area contributed by atoms with Gasteiger partial charge in [-0.2, -0.15) is 0 Å². The average molecular weight is 848 g/mol. The van der Waals surface area contributed by atoms with Crippen LogP contribution >= 0.6 is 0 Å². The van der Waals surface area contributed by atoms with E-state index in [1.165, 1.54) is 44.1 Å². The summed E-state index contributed by atoms with van der Waals surface area (Å²) >= 11 is 0. The van der Waals surface area contributed by atoms with Crippen LogP contribution in [0.15, 0.2) is 223 Å². The van der Waals surface area contributed by atoms with Gasteiger partial charge >= 0.3 is 0 Å². The predicted molar refractivity (Wildman–Crippen MR) is 275 cm³/mol. The molecule has 0 aliphatic carbocycles. The van der Waals surface area contributed by atoms with Crippen LogP contribution < -0.4 is 0 Å². The smallest absolute Gasteiger partial charge is 0.180 e. The standard InChI is InChI=1S/C62H45N3O/c1-62(2,3)53-39-46(41-23-11-5-12-24-41)36-52-51-35-45(40-21-9-4-10-22-40)33-34-54(51)65(59(52)53)58-49(42-25-13-6-14-26-42)37-47(38-50(58)43-27-15-7-16-28-43)56-60-57(48-31-19-20-32-55(48)66-60)64-61(63-56)44-29-17-8-18-30-44/h4-39H,1-3H3. The monoisotopic (exact) mass is 847 g/mol. The number of furan rings is 1. The first-order chi connectivity index (χ1) is 32.4. The number of benzene rings is 9. The first-order valence-corrected chi connectivity index (χ1v) is 22.7. The Morgan fingerprint density at radius 3 is 1.52 bits per heavy atom. The van der Waals surface area contributed by atoms with Crippen molar-refractivity contribution in [3.8, 4) is 72.8 Å². The second kappa shape index (κ2) is 15.7. The fraction of sp³-hybridized carbons (Fsp3) is 0.0645. The van der Waals surface area contributed by atoms with Crippen LogP contribution in [0.1, 0.15) is 26.3 Å². The summed E-state index contributed by atoms with van der Waals surface area (Å²) in [7, 11) is 0. The van der Waals surface area contributed by atoms with Crippen LogP contribution in [0.5, 0.6) is 0 Å². The molecule has 9 aromatic carbocycles. The van der Waals surface area contributed by atoms with Gasteiger partial charge < -0.3 is 8.98 Å². The van der Waals surface area contributed by atoms with E-state index < -0.39 is 0 Å². The van der Waals surface area contributed by atoms with Crippen LogP contribution in [0.3, 0.4) is 0 Å². The molecule has 0 saturated heterocycles. The summed E-state index contributed by atoms with van der Waals surface area (Å²) in [6, 6.07) is 78.0. The zero-order valence-corrected chi connectivity index (χ0v) is 37.0. The van der Waals surface area contributed by atoms with Crippen LogP contribution in [-0.2, 0) is 5.41 Å². The normalized spacial score (nSPS) is 11.9. The molecule has 0 aliphatic rings. The van der Waals surface area contributed by atoms with Gasteiger partial charge in [-0.3, -0.25) is 0 Å². The minimum absolute atomic E-state index is 0.223. The molecule has 0 saturated carbocycles. The maximum absolute atomic E-state index is 6.76. The molecule has 0 radical (unpaired) electrons. The van der Waals surface area contributed by atoms with Crippen molar-refractivity contribution < 1.29 is 4.42 Å². The molecule has 0 aliphatic heterocycles. The van der Waals surface area contributed by atoms with E-state index in [0.717, 1.165) is 66.8 Å². The lowest BCUT2D eigenvalue weighted by atomic mass is 9.83. The van der Waals surface area contributed by atoms with E-state index in [1.807, 2.05) is 36.4 Å². The topological polar surface area (TPSA) is 43.9 Å². The van der Waals surface area contributed by atoms with Gasteiger partial charge in [0.1, 0.15) is 16.8 Å². The Labute approximate surface area is 384 Å². The van der Waals surface area contributed by atoms with E-state index in [1.54, 1.807) is 0 Å². The number of rotatable bonds is 7. The fourth-order valence-electron chi connectivity index (χ4n) is 9.75. The van der Waals surface area contributed by atoms with E-state index in [9.17, 15) is 0 Å². The number of para-hydroxylation sites is 1. The lowest BCUT2D eigenvalue weighted by molar-refractivity contribution is 0.594.